The Hall–Kier alpha value is -20.4. The number of hydrogen-bond donors (Lipinski definition) is 0. The molecule has 13 heteroatoms. The highest BCUT2D eigenvalue weighted by Gasteiger charge is 2.26. The van der Waals surface area contributed by atoms with Gasteiger partial charge in [-0.25, -0.2) is 44.9 Å². The maximum absolute atomic E-state index is 6.37. The fourth-order valence-electron chi connectivity index (χ4n) is 21.8. The molecule has 31 rings (SSSR count). The normalized spacial score (nSPS) is 11.7. The van der Waals surface area contributed by atoms with Crippen LogP contribution in [0.1, 0.15) is 0 Å². The Bertz CT molecular complexity index is 10800. The second-order valence-corrected chi connectivity index (χ2v) is 38.1. The summed E-state index contributed by atoms with van der Waals surface area (Å²) in [6.07, 6.45) is 0. The third kappa shape index (κ3) is 15.4. The van der Waals surface area contributed by atoms with Gasteiger partial charge in [0.2, 0.25) is 0 Å². The molecule has 698 valence electrons. The highest BCUT2D eigenvalue weighted by atomic mass is 16.3. The maximum atomic E-state index is 6.37. The number of benzene rings is 24. The average molecular weight is 1920 g/mol. The minimum Gasteiger partial charge on any atom is -0.456 e. The predicted molar refractivity (Wildman–Crippen MR) is 614 cm³/mol. The van der Waals surface area contributed by atoms with Crippen molar-refractivity contribution in [2.75, 3.05) is 0 Å². The molecule has 0 radical (unpaired) electrons. The van der Waals surface area contributed by atoms with Crippen LogP contribution in [0.15, 0.2) is 509 Å². The molecule has 0 fully saturated rings. The van der Waals surface area contributed by atoms with Crippen LogP contribution >= 0.6 is 0 Å². The van der Waals surface area contributed by atoms with Gasteiger partial charge in [-0.2, -0.15) is 0 Å². The van der Waals surface area contributed by atoms with E-state index in [0.717, 1.165) is 220 Å². The van der Waals surface area contributed by atoms with Crippen molar-refractivity contribution < 1.29 is 17.7 Å². The summed E-state index contributed by atoms with van der Waals surface area (Å²) in [6, 6.07) is 170. The molecule has 0 amide bonds. The Balaban J connectivity index is 0.000000106. The minimum absolute atomic E-state index is 0.594. The number of furan rings is 4. The molecule has 0 saturated heterocycles. The smallest absolute Gasteiger partial charge is 0.164 e. The molecular weight excluding hydrogens is 1840 g/mol. The Labute approximate surface area is 857 Å². The quantitative estimate of drug-likeness (QED) is 0.113. The van der Waals surface area contributed by atoms with Gasteiger partial charge in [0.05, 0.1) is 0 Å². The molecule has 0 aliphatic heterocycles. The van der Waals surface area contributed by atoms with Crippen LogP contribution in [-0.2, 0) is 0 Å². The molecule has 0 unspecified atom stereocenters. The first-order valence-corrected chi connectivity index (χ1v) is 50.2. The maximum Gasteiger partial charge on any atom is 0.164 e. The van der Waals surface area contributed by atoms with Crippen molar-refractivity contribution in [2.24, 2.45) is 0 Å². The Kier molecular flexibility index (Phi) is 20.6. The van der Waals surface area contributed by atoms with E-state index in [-0.39, 0.29) is 0 Å². The fraction of sp³-hybridized carbons (Fsp3) is 0. The highest BCUT2D eigenvalue weighted by molar-refractivity contribution is 6.20. The van der Waals surface area contributed by atoms with Crippen molar-refractivity contribution in [3.63, 3.8) is 0 Å². The van der Waals surface area contributed by atoms with E-state index in [0.29, 0.717) is 52.4 Å². The molecule has 7 heterocycles. The fourth-order valence-corrected chi connectivity index (χ4v) is 21.8. The number of nitrogens with zero attached hydrogens (tertiary/aromatic N) is 9. The number of hydrogen-bond acceptors (Lipinski definition) is 13. The van der Waals surface area contributed by atoms with Crippen LogP contribution < -0.4 is 0 Å². The zero-order chi connectivity index (χ0) is 98.8. The Morgan fingerprint density at radius 2 is 0.313 bits per heavy atom. The molecule has 0 spiro atoms. The van der Waals surface area contributed by atoms with Crippen LogP contribution in [-0.4, -0.2) is 44.9 Å². The summed E-state index contributed by atoms with van der Waals surface area (Å²) in [5.41, 5.74) is 22.0. The zero-order valence-electron chi connectivity index (χ0n) is 80.4. The van der Waals surface area contributed by atoms with E-state index in [4.69, 9.17) is 62.5 Å². The lowest BCUT2D eigenvalue weighted by atomic mass is 9.97. The molecular formula is C137H81N9O4. The van der Waals surface area contributed by atoms with Gasteiger partial charge < -0.3 is 17.7 Å². The van der Waals surface area contributed by atoms with Crippen LogP contribution in [0.5, 0.6) is 0 Å². The lowest BCUT2D eigenvalue weighted by molar-refractivity contribution is 0.668. The van der Waals surface area contributed by atoms with E-state index in [1.54, 1.807) is 0 Å². The lowest BCUT2D eigenvalue weighted by Gasteiger charge is -2.12. The SMILES string of the molecule is c1ccc2cc(-c3nc(-c4ccc(-c5cccc6oc7cc8ccccc8cc7c56)cc4)nc(-c4cccc5ccccc45)n3)ccc2c1.c1ccc2cc(-c3nc(-c4ccc(-c5cccc6oc7cc8ccccc8cc7c56)cc4)nc(-c4cccc5oc6ccccc6c45)n3)ccc2c1.c1ccc2cc3c(cc2c1)oc1cccc(-c2ccc(-c4nc(-c5cccc6ccccc56)nc(-c5cccc6ccccc56)n4)cc2)c13. The summed E-state index contributed by atoms with van der Waals surface area (Å²) in [6.45, 7) is 0. The van der Waals surface area contributed by atoms with E-state index in [1.807, 2.05) is 48.5 Å². The van der Waals surface area contributed by atoms with Crippen molar-refractivity contribution in [2.45, 2.75) is 0 Å². The van der Waals surface area contributed by atoms with Gasteiger partial charge in [0.25, 0.3) is 0 Å². The van der Waals surface area contributed by atoms with Crippen molar-refractivity contribution in [3.8, 4) is 136 Å². The van der Waals surface area contributed by atoms with Crippen LogP contribution in [0, 0.1) is 0 Å². The van der Waals surface area contributed by atoms with Crippen molar-refractivity contribution >= 4 is 174 Å². The minimum atomic E-state index is 0.594. The first kappa shape index (κ1) is 86.3. The number of fused-ring (bicyclic) bond motifs is 20. The number of rotatable bonds is 12. The molecule has 0 bridgehead atoms. The number of para-hydroxylation sites is 1. The second kappa shape index (κ2) is 35.9. The third-order valence-corrected chi connectivity index (χ3v) is 29.1. The average Bonchev–Trinajstić information content (AvgIpc) is 1.72. The van der Waals surface area contributed by atoms with E-state index in [9.17, 15) is 0 Å². The number of aromatic nitrogens is 9. The Morgan fingerprint density at radius 1 is 0.107 bits per heavy atom. The van der Waals surface area contributed by atoms with Gasteiger partial charge in [0.15, 0.2) is 52.4 Å². The molecule has 0 aliphatic rings. The van der Waals surface area contributed by atoms with E-state index in [1.165, 1.54) is 37.7 Å². The first-order valence-electron chi connectivity index (χ1n) is 50.2. The van der Waals surface area contributed by atoms with E-state index < -0.39 is 0 Å². The van der Waals surface area contributed by atoms with Gasteiger partial charge in [0.1, 0.15) is 44.7 Å². The lowest BCUT2D eigenvalue weighted by Crippen LogP contribution is -2.01. The summed E-state index contributed by atoms with van der Waals surface area (Å²) in [5.74, 6) is 5.66. The van der Waals surface area contributed by atoms with Crippen molar-refractivity contribution in [3.05, 3.63) is 491 Å². The molecule has 0 atom stereocenters. The van der Waals surface area contributed by atoms with Crippen LogP contribution in [0.3, 0.4) is 0 Å². The second-order valence-electron chi connectivity index (χ2n) is 38.1. The van der Waals surface area contributed by atoms with E-state index in [2.05, 4.69) is 443 Å². The van der Waals surface area contributed by atoms with Crippen molar-refractivity contribution in [1.82, 2.24) is 44.9 Å². The molecule has 0 saturated carbocycles. The monoisotopic (exact) mass is 1920 g/mol. The zero-order valence-corrected chi connectivity index (χ0v) is 80.4. The molecule has 31 aromatic rings. The Morgan fingerprint density at radius 3 is 0.653 bits per heavy atom. The molecule has 7 aromatic heterocycles. The summed E-state index contributed by atoms with van der Waals surface area (Å²) in [4.78, 5) is 45.9. The van der Waals surface area contributed by atoms with E-state index >= 15 is 0 Å². The van der Waals surface area contributed by atoms with Crippen LogP contribution in [0.25, 0.3) is 310 Å². The van der Waals surface area contributed by atoms with Gasteiger partial charge in [-0.05, 0) is 198 Å². The molecule has 150 heavy (non-hydrogen) atoms. The highest BCUT2D eigenvalue weighted by Crippen LogP contribution is 2.47. The summed E-state index contributed by atoms with van der Waals surface area (Å²) < 4.78 is 25.3. The molecule has 24 aromatic carbocycles. The van der Waals surface area contributed by atoms with Gasteiger partial charge in [-0.3, -0.25) is 0 Å². The van der Waals surface area contributed by atoms with Crippen LogP contribution in [0.4, 0.5) is 0 Å². The molecule has 0 N–H and O–H groups in total. The predicted octanol–water partition coefficient (Wildman–Crippen LogP) is 36.4. The largest absolute Gasteiger partial charge is 0.456 e. The third-order valence-electron chi connectivity index (χ3n) is 29.1. The summed E-state index contributed by atoms with van der Waals surface area (Å²) >= 11 is 0. The van der Waals surface area contributed by atoms with Crippen LogP contribution in [0.2, 0.25) is 0 Å². The molecule has 0 aliphatic carbocycles. The first-order chi connectivity index (χ1) is 74.2. The van der Waals surface area contributed by atoms with Crippen molar-refractivity contribution in [1.29, 1.82) is 0 Å². The van der Waals surface area contributed by atoms with Gasteiger partial charge in [-0.15, -0.1) is 0 Å². The van der Waals surface area contributed by atoms with Gasteiger partial charge >= 0.3 is 0 Å². The summed E-state index contributed by atoms with van der Waals surface area (Å²) in [5, 5.41) is 27.2. The topological polar surface area (TPSA) is 169 Å². The molecule has 13 nitrogen and oxygen atoms in total. The summed E-state index contributed by atoms with van der Waals surface area (Å²) in [7, 11) is 0. The van der Waals surface area contributed by atoms with Gasteiger partial charge in [0, 0.05) is 93.2 Å². The standard InChI is InChI=1S/C47H27N3O2.2C45H27N3O/c1-2-10-31-25-34(24-19-28(31)9-1)46-48-45(49-47(50-46)37-15-8-18-41-44(37)36-13-5-6-16-39(36)51-41)30-22-20-29(21-23-30)35-14-7-17-40-43(35)38-26-32-11-3-4-12-33(32)27-42(38)52-40;1-2-13-33-27-41-39(26-32(33)12-1)42-36(18-9-21-40(42)49-41)30-22-24-31(25-23-30)43-46-44(37-19-7-14-28-10-3-5-16-34(28)37)48-45(47-43)38-20-8-15-29-11-4-6-17-35(29)38;1-2-11-32-25-35(24-19-28(32)9-1)44-46-43(47-45(48-44)38-17-7-14-29-10-5-6-15-36(29)38)31-22-20-30(21-23-31)37-16-8-18-40-42(37)39-26-33-12-3-4-13-34(33)27-41(39)49-40/h1-27H;2*1-27H. The van der Waals surface area contributed by atoms with Gasteiger partial charge in [-0.1, -0.05) is 413 Å².